The summed E-state index contributed by atoms with van der Waals surface area (Å²) in [5.74, 6) is -0.260. The van der Waals surface area contributed by atoms with Crippen molar-refractivity contribution in [2.24, 2.45) is 10.8 Å². The molecule has 0 aromatic heterocycles. The lowest BCUT2D eigenvalue weighted by Crippen LogP contribution is -2.34. The Bertz CT molecular complexity index is 1220. The molecule has 0 atom stereocenters. The van der Waals surface area contributed by atoms with E-state index in [4.69, 9.17) is 5.73 Å². The van der Waals surface area contributed by atoms with Gasteiger partial charge in [0.2, 0.25) is 11.8 Å². The first-order valence-electron chi connectivity index (χ1n) is 9.41. The molecule has 0 spiro atoms. The van der Waals surface area contributed by atoms with Gasteiger partial charge in [0.1, 0.15) is 10.7 Å². The van der Waals surface area contributed by atoms with Crippen LogP contribution >= 0.6 is 0 Å². The van der Waals surface area contributed by atoms with E-state index in [1.165, 1.54) is 24.4 Å². The molecule has 0 bridgehead atoms. The number of amides is 2. The molecule has 11 heteroatoms. The van der Waals surface area contributed by atoms with Crippen LogP contribution in [0.3, 0.4) is 0 Å². The summed E-state index contributed by atoms with van der Waals surface area (Å²) in [6.45, 7) is 0.546. The van der Waals surface area contributed by atoms with Gasteiger partial charge in [-0.3, -0.25) is 19.6 Å². The molecule has 0 saturated carbocycles. The number of carbonyl (C=O) groups excluding carboxylic acids is 2. The van der Waals surface area contributed by atoms with Crippen LogP contribution in [0, 0.1) is 0 Å². The van der Waals surface area contributed by atoms with Crippen molar-refractivity contribution in [3.8, 4) is 0 Å². The van der Waals surface area contributed by atoms with Crippen LogP contribution < -0.4 is 21.8 Å². The third-order valence-corrected chi connectivity index (χ3v) is 5.42. The number of rotatable bonds is 8. The van der Waals surface area contributed by atoms with E-state index >= 15 is 0 Å². The summed E-state index contributed by atoms with van der Waals surface area (Å²) in [5, 5.41) is 9.74. The van der Waals surface area contributed by atoms with Crippen molar-refractivity contribution in [3.05, 3.63) is 88.8 Å². The highest BCUT2D eigenvalue weighted by atomic mass is 32.2. The summed E-state index contributed by atoms with van der Waals surface area (Å²) in [7, 11) is -4.36. The number of hydrazone groups is 1. The van der Waals surface area contributed by atoms with Crippen molar-refractivity contribution >= 4 is 28.1 Å². The van der Waals surface area contributed by atoms with Crippen molar-refractivity contribution in [3.63, 3.8) is 0 Å². The van der Waals surface area contributed by atoms with E-state index in [2.05, 4.69) is 21.2 Å². The number of nitrogens with one attached hydrogen (secondary N) is 3. The third kappa shape index (κ3) is 6.03. The molecule has 0 aliphatic carbocycles. The Labute approximate surface area is 184 Å². The van der Waals surface area contributed by atoms with E-state index < -0.39 is 16.0 Å². The van der Waals surface area contributed by atoms with Crippen LogP contribution in [-0.2, 0) is 21.5 Å². The lowest BCUT2D eigenvalue weighted by molar-refractivity contribution is -0.117. The molecule has 1 aliphatic heterocycles. The molecule has 166 valence electrons. The van der Waals surface area contributed by atoms with E-state index in [1.807, 2.05) is 0 Å². The van der Waals surface area contributed by atoms with Gasteiger partial charge in [-0.05, 0) is 35.9 Å². The molecule has 32 heavy (non-hydrogen) atoms. The summed E-state index contributed by atoms with van der Waals surface area (Å²) in [6.07, 6.45) is 4.51. The predicted octanol–water partition coefficient (Wildman–Crippen LogP) is 0.643. The highest BCUT2D eigenvalue weighted by molar-refractivity contribution is 7.86. The third-order valence-electron chi connectivity index (χ3n) is 4.49. The lowest BCUT2D eigenvalue weighted by atomic mass is 10.1. The smallest absolute Gasteiger partial charge is 0.295 e. The number of nitrogens with zero attached hydrogens (tertiary/aromatic N) is 1. The quantitative estimate of drug-likeness (QED) is 0.222. The molecule has 0 radical (unpaired) electrons. The summed E-state index contributed by atoms with van der Waals surface area (Å²) in [5.41, 5.74) is 9.86. The van der Waals surface area contributed by atoms with E-state index in [0.29, 0.717) is 23.5 Å². The Morgan fingerprint density at radius 3 is 2.47 bits per heavy atom. The lowest BCUT2D eigenvalue weighted by Gasteiger charge is -2.16. The second kappa shape index (κ2) is 9.90. The van der Waals surface area contributed by atoms with Gasteiger partial charge in [0.05, 0.1) is 6.21 Å². The molecule has 3 rings (SSSR count). The van der Waals surface area contributed by atoms with Gasteiger partial charge < -0.3 is 16.4 Å². The number of carbonyl (C=O) groups is 2. The second-order valence-corrected chi connectivity index (χ2v) is 8.14. The Balaban J connectivity index is 1.55. The van der Waals surface area contributed by atoms with Crippen LogP contribution in [-0.4, -0.2) is 37.5 Å². The molecule has 6 N–H and O–H groups in total. The summed E-state index contributed by atoms with van der Waals surface area (Å²) >= 11 is 0. The van der Waals surface area contributed by atoms with Crippen molar-refractivity contribution < 1.29 is 22.6 Å². The number of hydrogen-bond acceptors (Lipinski definition) is 7. The van der Waals surface area contributed by atoms with Gasteiger partial charge in [0, 0.05) is 29.8 Å². The first-order valence-corrected chi connectivity index (χ1v) is 10.9. The maximum atomic E-state index is 12.3. The zero-order valence-corrected chi connectivity index (χ0v) is 17.6. The van der Waals surface area contributed by atoms with Gasteiger partial charge in [-0.25, -0.2) is 0 Å². The number of dihydropyridines is 1. The second-order valence-electron chi connectivity index (χ2n) is 6.75. The van der Waals surface area contributed by atoms with Gasteiger partial charge in [-0.15, -0.1) is 0 Å². The number of benzene rings is 2. The predicted molar refractivity (Wildman–Crippen MR) is 118 cm³/mol. The first kappa shape index (κ1) is 22.7. The van der Waals surface area contributed by atoms with Crippen LogP contribution in [0.2, 0.25) is 0 Å². The minimum Gasteiger partial charge on any atom is -0.366 e. The summed E-state index contributed by atoms with van der Waals surface area (Å²) in [4.78, 5) is 23.2. The molecule has 0 unspecified atom stereocenters. The fourth-order valence-corrected chi connectivity index (χ4v) is 3.47. The molecular formula is C21H21N5O5S. The van der Waals surface area contributed by atoms with E-state index in [-0.39, 0.29) is 22.9 Å². The number of nitrogens with two attached hydrogens (primary N) is 1. The number of allylic oxidation sites excluding steroid dienone is 2. The van der Waals surface area contributed by atoms with Gasteiger partial charge in [0.15, 0.2) is 0 Å². The largest absolute Gasteiger partial charge is 0.366 e. The number of hydrogen-bond donors (Lipinski definition) is 5. The standard InChI is InChI=1S/C21H21N5O5S/c22-20(27)15-7-5-14(6-8-15)11-24-21(28)17-9-10-19(23-12-17)26-25-13-16-3-1-2-4-18(16)32(29,30)31/h1-10,13,23,26H,11-12H2,(H2,22,27)(H,24,28)(H,29,30,31)/b25-13+. The maximum Gasteiger partial charge on any atom is 0.295 e. The topological polar surface area (TPSA) is 163 Å². The SMILES string of the molecule is NC(=O)c1ccc(CNC(=O)C2=CC=C(N/N=C/c3ccccc3S(=O)(=O)O)NC2)cc1. The normalized spacial score (nSPS) is 13.7. The fraction of sp³-hybridized carbons (Fsp3) is 0.0952. The first-order chi connectivity index (χ1) is 15.2. The minimum atomic E-state index is -4.36. The van der Waals surface area contributed by atoms with Gasteiger partial charge in [-0.2, -0.15) is 13.5 Å². The average molecular weight is 455 g/mol. The fourth-order valence-electron chi connectivity index (χ4n) is 2.80. The molecule has 1 heterocycles. The molecule has 2 aromatic carbocycles. The average Bonchev–Trinajstić information content (AvgIpc) is 2.78. The Kier molecular flexibility index (Phi) is 7.03. The molecule has 2 aromatic rings. The van der Waals surface area contributed by atoms with Crippen LogP contribution in [0.25, 0.3) is 0 Å². The minimum absolute atomic E-state index is 0.221. The van der Waals surface area contributed by atoms with Crippen LogP contribution in [0.15, 0.2) is 82.1 Å². The molecule has 0 saturated heterocycles. The van der Waals surface area contributed by atoms with Crippen molar-refractivity contribution in [1.82, 2.24) is 16.1 Å². The summed E-state index contributed by atoms with van der Waals surface area (Å²) < 4.78 is 32.0. The van der Waals surface area contributed by atoms with Crippen molar-refractivity contribution in [2.75, 3.05) is 6.54 Å². The van der Waals surface area contributed by atoms with Gasteiger partial charge in [0.25, 0.3) is 10.1 Å². The monoisotopic (exact) mass is 455 g/mol. The van der Waals surface area contributed by atoms with Crippen LogP contribution in [0.4, 0.5) is 0 Å². The maximum absolute atomic E-state index is 12.3. The van der Waals surface area contributed by atoms with Crippen molar-refractivity contribution in [2.45, 2.75) is 11.4 Å². The molecular weight excluding hydrogens is 434 g/mol. The zero-order chi connectivity index (χ0) is 23.1. The van der Waals surface area contributed by atoms with Gasteiger partial charge in [-0.1, -0.05) is 30.3 Å². The van der Waals surface area contributed by atoms with E-state index in [1.54, 1.807) is 42.5 Å². The highest BCUT2D eigenvalue weighted by Crippen LogP contribution is 2.13. The highest BCUT2D eigenvalue weighted by Gasteiger charge is 2.14. The zero-order valence-electron chi connectivity index (χ0n) is 16.8. The Morgan fingerprint density at radius 2 is 1.84 bits per heavy atom. The van der Waals surface area contributed by atoms with Crippen molar-refractivity contribution in [1.29, 1.82) is 0 Å². The Hall–Kier alpha value is -3.96. The van der Waals surface area contributed by atoms with Gasteiger partial charge >= 0.3 is 0 Å². The van der Waals surface area contributed by atoms with Crippen LogP contribution in [0.1, 0.15) is 21.5 Å². The molecule has 1 aliphatic rings. The van der Waals surface area contributed by atoms with Crippen LogP contribution in [0.5, 0.6) is 0 Å². The summed E-state index contributed by atoms with van der Waals surface area (Å²) in [6, 6.07) is 12.5. The molecule has 2 amide bonds. The van der Waals surface area contributed by atoms with E-state index in [9.17, 15) is 22.6 Å². The molecule has 10 nitrogen and oxygen atoms in total. The Morgan fingerprint density at radius 1 is 1.12 bits per heavy atom. The number of primary amides is 1. The molecule has 0 fully saturated rings. The van der Waals surface area contributed by atoms with E-state index in [0.717, 1.165) is 5.56 Å².